The van der Waals surface area contributed by atoms with Crippen molar-refractivity contribution in [3.63, 3.8) is 0 Å². The van der Waals surface area contributed by atoms with Gasteiger partial charge in [0.1, 0.15) is 5.65 Å². The lowest BCUT2D eigenvalue weighted by molar-refractivity contribution is 0.0609. The van der Waals surface area contributed by atoms with E-state index in [1.54, 1.807) is 6.20 Å². The first-order valence-corrected chi connectivity index (χ1v) is 9.32. The lowest BCUT2D eigenvalue weighted by Crippen LogP contribution is -2.49. The number of rotatable bonds is 3. The van der Waals surface area contributed by atoms with E-state index in [1.165, 1.54) is 6.42 Å². The molecule has 0 saturated carbocycles. The zero-order chi connectivity index (χ0) is 17.2. The van der Waals surface area contributed by atoms with Crippen molar-refractivity contribution >= 4 is 11.6 Å². The molecule has 0 aromatic carbocycles. The molecule has 2 aliphatic heterocycles. The number of nitrogens with zero attached hydrogens (tertiary/aromatic N) is 5. The van der Waals surface area contributed by atoms with Gasteiger partial charge in [0, 0.05) is 64.4 Å². The number of fused-ring (bicyclic) bond motifs is 1. The second-order valence-corrected chi connectivity index (χ2v) is 7.47. The van der Waals surface area contributed by atoms with Crippen LogP contribution in [0.25, 0.3) is 5.65 Å². The second kappa shape index (κ2) is 7.14. The summed E-state index contributed by atoms with van der Waals surface area (Å²) in [6.07, 6.45) is 7.89. The number of imidazole rings is 1. The van der Waals surface area contributed by atoms with Gasteiger partial charge in [-0.2, -0.15) is 0 Å². The third kappa shape index (κ3) is 3.70. The fourth-order valence-electron chi connectivity index (χ4n) is 4.02. The Morgan fingerprint density at radius 2 is 2.04 bits per heavy atom. The minimum atomic E-state index is 0.152. The molecule has 2 fully saturated rings. The van der Waals surface area contributed by atoms with Crippen molar-refractivity contribution < 1.29 is 4.79 Å². The average molecular weight is 341 g/mol. The first-order valence-electron chi connectivity index (χ1n) is 9.32. The summed E-state index contributed by atoms with van der Waals surface area (Å²) in [5.74, 6) is 0.747. The molecule has 4 heterocycles. The van der Waals surface area contributed by atoms with Gasteiger partial charge < -0.3 is 19.1 Å². The van der Waals surface area contributed by atoms with Crippen LogP contribution >= 0.6 is 0 Å². The molecular formula is C19H27N5O. The molecule has 0 spiro atoms. The number of hydrogen-bond donors (Lipinski definition) is 0. The SMILES string of the molecule is CN1CCN(C[C@@H]2CCCN(C(=O)c3ccc4nccn4c3)C2)CC1. The number of aromatic nitrogens is 2. The van der Waals surface area contributed by atoms with Gasteiger partial charge in [0.25, 0.3) is 5.91 Å². The molecule has 0 unspecified atom stereocenters. The highest BCUT2D eigenvalue weighted by atomic mass is 16.2. The Bertz CT molecular complexity index is 734. The predicted molar refractivity (Wildman–Crippen MR) is 97.8 cm³/mol. The van der Waals surface area contributed by atoms with Crippen LogP contribution in [0, 0.1) is 5.92 Å². The first-order chi connectivity index (χ1) is 12.2. The molecule has 0 aliphatic carbocycles. The number of hydrogen-bond acceptors (Lipinski definition) is 4. The second-order valence-electron chi connectivity index (χ2n) is 7.47. The summed E-state index contributed by atoms with van der Waals surface area (Å²) < 4.78 is 1.92. The monoisotopic (exact) mass is 341 g/mol. The maximum absolute atomic E-state index is 12.9. The Balaban J connectivity index is 1.39. The van der Waals surface area contributed by atoms with E-state index >= 15 is 0 Å². The zero-order valence-corrected chi connectivity index (χ0v) is 15.0. The van der Waals surface area contributed by atoms with E-state index in [-0.39, 0.29) is 5.91 Å². The molecule has 134 valence electrons. The number of likely N-dealkylation sites (tertiary alicyclic amines) is 1. The Morgan fingerprint density at radius 1 is 1.20 bits per heavy atom. The number of piperazine rings is 1. The van der Waals surface area contributed by atoms with Crippen LogP contribution in [-0.4, -0.2) is 82.9 Å². The maximum atomic E-state index is 12.9. The molecule has 0 N–H and O–H groups in total. The summed E-state index contributed by atoms with van der Waals surface area (Å²) >= 11 is 0. The third-order valence-electron chi connectivity index (χ3n) is 5.55. The van der Waals surface area contributed by atoms with Crippen LogP contribution in [0.1, 0.15) is 23.2 Å². The zero-order valence-electron chi connectivity index (χ0n) is 15.0. The molecule has 25 heavy (non-hydrogen) atoms. The Morgan fingerprint density at radius 3 is 2.88 bits per heavy atom. The van der Waals surface area contributed by atoms with Gasteiger partial charge in [0.05, 0.1) is 5.56 Å². The van der Waals surface area contributed by atoms with Crippen LogP contribution in [0.5, 0.6) is 0 Å². The van der Waals surface area contributed by atoms with Crippen LogP contribution in [0.15, 0.2) is 30.7 Å². The van der Waals surface area contributed by atoms with Gasteiger partial charge in [-0.3, -0.25) is 4.79 Å². The van der Waals surface area contributed by atoms with E-state index in [9.17, 15) is 4.79 Å². The summed E-state index contributed by atoms with van der Waals surface area (Å²) in [6, 6.07) is 3.81. The van der Waals surface area contributed by atoms with E-state index in [0.717, 1.165) is 63.4 Å². The fraction of sp³-hybridized carbons (Fsp3) is 0.579. The van der Waals surface area contributed by atoms with Gasteiger partial charge in [-0.25, -0.2) is 4.98 Å². The standard InChI is InChI=1S/C19H27N5O/c1-21-9-11-22(12-10-21)13-16-3-2-7-24(14-16)19(25)17-4-5-18-20-6-8-23(18)15-17/h4-6,8,15-16H,2-3,7,9-14H2,1H3/t16-/m0/s1. The van der Waals surface area contributed by atoms with Crippen LogP contribution in [0.3, 0.4) is 0 Å². The third-order valence-corrected chi connectivity index (χ3v) is 5.55. The van der Waals surface area contributed by atoms with Crippen molar-refractivity contribution in [3.8, 4) is 0 Å². The number of carbonyl (C=O) groups excluding carboxylic acids is 1. The van der Waals surface area contributed by atoms with Gasteiger partial charge in [-0.15, -0.1) is 0 Å². The smallest absolute Gasteiger partial charge is 0.255 e. The number of piperidine rings is 1. The number of carbonyl (C=O) groups is 1. The largest absolute Gasteiger partial charge is 0.338 e. The molecule has 2 aromatic heterocycles. The molecule has 0 bridgehead atoms. The quantitative estimate of drug-likeness (QED) is 0.847. The van der Waals surface area contributed by atoms with Crippen LogP contribution in [0.2, 0.25) is 0 Å². The van der Waals surface area contributed by atoms with E-state index in [1.807, 2.05) is 33.8 Å². The Hall–Kier alpha value is -1.92. The fourth-order valence-corrected chi connectivity index (χ4v) is 4.02. The first kappa shape index (κ1) is 16.5. The van der Waals surface area contributed by atoms with Crippen LogP contribution < -0.4 is 0 Å². The molecule has 2 saturated heterocycles. The van der Waals surface area contributed by atoms with Crippen LogP contribution in [-0.2, 0) is 0 Å². The summed E-state index contributed by atoms with van der Waals surface area (Å²) in [7, 11) is 2.19. The van der Waals surface area contributed by atoms with Crippen molar-refractivity contribution in [2.75, 3.05) is 52.9 Å². The number of likely N-dealkylation sites (N-methyl/N-ethyl adjacent to an activating group) is 1. The Labute approximate surface area is 149 Å². The highest BCUT2D eigenvalue weighted by Crippen LogP contribution is 2.20. The molecular weight excluding hydrogens is 314 g/mol. The molecule has 0 radical (unpaired) electrons. The molecule has 1 atom stereocenters. The molecule has 2 aromatic rings. The topological polar surface area (TPSA) is 44.1 Å². The van der Waals surface area contributed by atoms with Crippen LogP contribution in [0.4, 0.5) is 0 Å². The van der Waals surface area contributed by atoms with E-state index < -0.39 is 0 Å². The Kier molecular flexibility index (Phi) is 4.72. The highest BCUT2D eigenvalue weighted by molar-refractivity contribution is 5.94. The molecule has 4 rings (SSSR count). The average Bonchev–Trinajstić information content (AvgIpc) is 3.11. The lowest BCUT2D eigenvalue weighted by Gasteiger charge is -2.38. The number of amides is 1. The van der Waals surface area contributed by atoms with Gasteiger partial charge in [0.2, 0.25) is 0 Å². The van der Waals surface area contributed by atoms with E-state index in [4.69, 9.17) is 0 Å². The highest BCUT2D eigenvalue weighted by Gasteiger charge is 2.27. The molecule has 2 aliphatic rings. The molecule has 6 heteroatoms. The normalized spacial score (nSPS) is 23.2. The van der Waals surface area contributed by atoms with Crippen molar-refractivity contribution in [1.82, 2.24) is 24.1 Å². The van der Waals surface area contributed by atoms with E-state index in [0.29, 0.717) is 5.92 Å². The summed E-state index contributed by atoms with van der Waals surface area (Å²) in [4.78, 5) is 24.2. The maximum Gasteiger partial charge on any atom is 0.255 e. The summed E-state index contributed by atoms with van der Waals surface area (Å²) in [5, 5.41) is 0. The predicted octanol–water partition coefficient (Wildman–Crippen LogP) is 1.43. The van der Waals surface area contributed by atoms with Gasteiger partial charge in [0.15, 0.2) is 0 Å². The summed E-state index contributed by atoms with van der Waals surface area (Å²) in [6.45, 7) is 7.49. The number of pyridine rings is 1. The van der Waals surface area contributed by atoms with E-state index in [2.05, 4.69) is 21.8 Å². The minimum Gasteiger partial charge on any atom is -0.338 e. The van der Waals surface area contributed by atoms with Gasteiger partial charge >= 0.3 is 0 Å². The lowest BCUT2D eigenvalue weighted by atomic mass is 9.96. The molecule has 6 nitrogen and oxygen atoms in total. The van der Waals surface area contributed by atoms with Gasteiger partial charge in [-0.1, -0.05) is 0 Å². The van der Waals surface area contributed by atoms with Crippen molar-refractivity contribution in [3.05, 3.63) is 36.3 Å². The minimum absolute atomic E-state index is 0.152. The van der Waals surface area contributed by atoms with Crippen molar-refractivity contribution in [2.24, 2.45) is 5.92 Å². The summed E-state index contributed by atoms with van der Waals surface area (Å²) in [5.41, 5.74) is 1.63. The molecule has 1 amide bonds. The van der Waals surface area contributed by atoms with Crippen molar-refractivity contribution in [1.29, 1.82) is 0 Å². The van der Waals surface area contributed by atoms with Crippen molar-refractivity contribution in [2.45, 2.75) is 12.8 Å². The van der Waals surface area contributed by atoms with Gasteiger partial charge in [-0.05, 0) is 37.9 Å².